The summed E-state index contributed by atoms with van der Waals surface area (Å²) in [7, 11) is 0. The maximum atomic E-state index is 5.56. The highest BCUT2D eigenvalue weighted by Gasteiger charge is 2.50. The number of anilines is 2. The molecule has 0 spiro atoms. The van der Waals surface area contributed by atoms with Gasteiger partial charge in [-0.15, -0.1) is 0 Å². The van der Waals surface area contributed by atoms with E-state index >= 15 is 0 Å². The van der Waals surface area contributed by atoms with E-state index in [0.29, 0.717) is 0 Å². The molecule has 0 saturated heterocycles. The number of aromatic nitrogens is 3. The highest BCUT2D eigenvalue weighted by atomic mass is 15.3. The predicted octanol–water partition coefficient (Wildman–Crippen LogP) is 13.0. The molecule has 1 aliphatic heterocycles. The molecule has 8 aromatic rings. The van der Waals surface area contributed by atoms with E-state index in [1.54, 1.807) is 0 Å². The van der Waals surface area contributed by atoms with Crippen molar-refractivity contribution in [3.63, 3.8) is 0 Å². The Kier molecular flexibility index (Phi) is 8.15. The quantitative estimate of drug-likeness (QED) is 0.174. The van der Waals surface area contributed by atoms with Crippen molar-refractivity contribution in [3.8, 4) is 22.4 Å². The molecular formula is C59H46N4. The van der Waals surface area contributed by atoms with Crippen LogP contribution in [0.15, 0.2) is 175 Å². The third-order valence-corrected chi connectivity index (χ3v) is 14.5. The van der Waals surface area contributed by atoms with E-state index in [4.69, 9.17) is 9.97 Å². The second kappa shape index (κ2) is 14.1. The van der Waals surface area contributed by atoms with Crippen molar-refractivity contribution >= 4 is 68.0 Å². The average Bonchev–Trinajstić information content (AvgIpc) is 3.82. The molecule has 302 valence electrons. The Balaban J connectivity index is 0.928. The molecular weight excluding hydrogens is 765 g/mol. The third kappa shape index (κ3) is 5.67. The smallest absolute Gasteiger partial charge is 0.231 e. The van der Waals surface area contributed by atoms with Crippen molar-refractivity contribution in [3.05, 3.63) is 203 Å². The van der Waals surface area contributed by atoms with E-state index < -0.39 is 5.54 Å². The minimum Gasteiger partial charge on any atom is -0.314 e. The van der Waals surface area contributed by atoms with Gasteiger partial charge in [-0.1, -0.05) is 158 Å². The highest BCUT2D eigenvalue weighted by Crippen LogP contribution is 2.57. The van der Waals surface area contributed by atoms with Gasteiger partial charge < -0.3 is 4.57 Å². The van der Waals surface area contributed by atoms with Crippen LogP contribution in [0.3, 0.4) is 0 Å². The van der Waals surface area contributed by atoms with Gasteiger partial charge in [0.2, 0.25) is 5.95 Å². The molecule has 2 aromatic heterocycles. The molecule has 5 aliphatic rings. The lowest BCUT2D eigenvalue weighted by Gasteiger charge is -2.39. The van der Waals surface area contributed by atoms with Gasteiger partial charge in [-0.2, -0.15) is 0 Å². The van der Waals surface area contributed by atoms with Crippen LogP contribution in [0.4, 0.5) is 11.6 Å². The van der Waals surface area contributed by atoms with Crippen molar-refractivity contribution < 1.29 is 0 Å². The molecule has 0 bridgehead atoms. The van der Waals surface area contributed by atoms with E-state index in [2.05, 4.69) is 205 Å². The topological polar surface area (TPSA) is 34.0 Å². The fourth-order valence-corrected chi connectivity index (χ4v) is 11.3. The first kappa shape index (κ1) is 36.4. The fourth-order valence-electron chi connectivity index (χ4n) is 11.3. The van der Waals surface area contributed by atoms with Crippen molar-refractivity contribution in [1.29, 1.82) is 0 Å². The second-order valence-corrected chi connectivity index (χ2v) is 18.1. The molecule has 13 rings (SSSR count). The lowest BCUT2D eigenvalue weighted by atomic mass is 9.74. The van der Waals surface area contributed by atoms with Gasteiger partial charge in [0.25, 0.3) is 0 Å². The molecule has 0 radical (unpaired) electrons. The standard InChI is InChI=1S/C59H46N4/c1-59-34-33-45(44-30-31-54-50(36-44)48-19-10-12-22-53(48)62(54)46-16-3-2-4-17-46)37-51(59)56-47-18-8-7-14-40(47)29-32-55(56)63(59)58-60-52-21-11-9-20-49(52)57(61-58)41-26-23-39(24-27-41)43-28-25-38-13-5-6-15-42(38)35-43/h2-3,5-9,11-16,18,20-29,31-37,44,51H,4,10,17,19,30H2,1H3. The highest BCUT2D eigenvalue weighted by molar-refractivity contribution is 5.98. The Morgan fingerprint density at radius 1 is 0.667 bits per heavy atom. The third-order valence-electron chi connectivity index (χ3n) is 14.5. The summed E-state index contributed by atoms with van der Waals surface area (Å²) in [6, 6.07) is 46.1. The number of para-hydroxylation sites is 1. The maximum absolute atomic E-state index is 5.56. The predicted molar refractivity (Wildman–Crippen MR) is 263 cm³/mol. The number of hydrogen-bond acceptors (Lipinski definition) is 3. The summed E-state index contributed by atoms with van der Waals surface area (Å²) in [5.74, 6) is 1.10. The van der Waals surface area contributed by atoms with Crippen LogP contribution in [0.1, 0.15) is 55.3 Å². The molecule has 0 fully saturated rings. The summed E-state index contributed by atoms with van der Waals surface area (Å²) in [5, 5.41) is 8.91. The van der Waals surface area contributed by atoms with Crippen LogP contribution in [0.2, 0.25) is 0 Å². The van der Waals surface area contributed by atoms with Crippen LogP contribution < -0.4 is 15.5 Å². The SMILES string of the molecule is CC12C=CC(C3C=c4c5c(n(C6=CC=CCC6)c4=CC3)C=CCC5)=CC1c1c(ccc3ccccc13)N2c1nc(-c2ccc(-c3ccc4ccccc4c3)cc2)c2ccccc2n1. The van der Waals surface area contributed by atoms with Crippen molar-refractivity contribution in [2.24, 2.45) is 5.92 Å². The van der Waals surface area contributed by atoms with Gasteiger partial charge in [-0.25, -0.2) is 9.97 Å². The Morgan fingerprint density at radius 2 is 1.43 bits per heavy atom. The largest absolute Gasteiger partial charge is 0.314 e. The fraction of sp³-hybridized carbons (Fsp3) is 0.153. The van der Waals surface area contributed by atoms with Gasteiger partial charge in [0.1, 0.15) is 0 Å². The zero-order valence-electron chi connectivity index (χ0n) is 35.4. The molecule has 3 heterocycles. The second-order valence-electron chi connectivity index (χ2n) is 18.1. The monoisotopic (exact) mass is 810 g/mol. The zero-order valence-corrected chi connectivity index (χ0v) is 35.4. The summed E-state index contributed by atoms with van der Waals surface area (Å²) in [5.41, 5.74) is 13.1. The maximum Gasteiger partial charge on any atom is 0.231 e. The Hall–Kier alpha value is -7.30. The molecule has 3 unspecified atom stereocenters. The van der Waals surface area contributed by atoms with Gasteiger partial charge in [0, 0.05) is 50.4 Å². The number of fused-ring (bicyclic) bond motifs is 10. The minimum absolute atomic E-state index is 0.0915. The van der Waals surface area contributed by atoms with Crippen molar-refractivity contribution in [1.82, 2.24) is 14.5 Å². The first-order chi connectivity index (χ1) is 31.1. The zero-order chi connectivity index (χ0) is 41.6. The molecule has 0 saturated carbocycles. The number of allylic oxidation sites excluding steroid dienone is 7. The lowest BCUT2D eigenvalue weighted by Crippen LogP contribution is -2.43. The Bertz CT molecular complexity index is 3520. The molecule has 6 aromatic carbocycles. The van der Waals surface area contributed by atoms with Gasteiger partial charge >= 0.3 is 0 Å². The van der Waals surface area contributed by atoms with E-state index in [0.717, 1.165) is 60.2 Å². The molecule has 4 heteroatoms. The van der Waals surface area contributed by atoms with Gasteiger partial charge in [-0.05, 0) is 119 Å². The lowest BCUT2D eigenvalue weighted by molar-refractivity contribution is 0.529. The first-order valence-corrected chi connectivity index (χ1v) is 22.7. The molecule has 63 heavy (non-hydrogen) atoms. The van der Waals surface area contributed by atoms with Gasteiger partial charge in [0.05, 0.1) is 16.7 Å². The van der Waals surface area contributed by atoms with E-state index in [-0.39, 0.29) is 11.8 Å². The van der Waals surface area contributed by atoms with E-state index in [1.165, 1.54) is 77.0 Å². The number of hydrogen-bond donors (Lipinski definition) is 0. The normalized spacial score (nSPS) is 20.7. The summed E-state index contributed by atoms with van der Waals surface area (Å²) in [6.07, 6.45) is 29.5. The molecule has 0 N–H and O–H groups in total. The van der Waals surface area contributed by atoms with Crippen LogP contribution in [0.25, 0.3) is 78.8 Å². The minimum atomic E-state index is -0.437. The molecule has 4 aliphatic carbocycles. The van der Waals surface area contributed by atoms with Crippen LogP contribution in [0, 0.1) is 5.92 Å². The molecule has 3 atom stereocenters. The Labute approximate surface area is 367 Å². The van der Waals surface area contributed by atoms with Crippen LogP contribution in [-0.2, 0) is 6.42 Å². The number of nitrogens with zero attached hydrogens (tertiary/aromatic N) is 4. The molecule has 4 nitrogen and oxygen atoms in total. The number of rotatable bonds is 5. The molecule has 0 amide bonds. The van der Waals surface area contributed by atoms with Gasteiger partial charge in [0.15, 0.2) is 0 Å². The van der Waals surface area contributed by atoms with Crippen LogP contribution >= 0.6 is 0 Å². The summed E-state index contributed by atoms with van der Waals surface area (Å²) in [4.78, 5) is 13.4. The van der Waals surface area contributed by atoms with Crippen LogP contribution in [0.5, 0.6) is 0 Å². The van der Waals surface area contributed by atoms with Crippen LogP contribution in [-0.4, -0.2) is 20.1 Å². The average molecular weight is 811 g/mol. The summed E-state index contributed by atoms with van der Waals surface area (Å²) < 4.78 is 2.56. The van der Waals surface area contributed by atoms with Crippen molar-refractivity contribution in [2.75, 3.05) is 4.90 Å². The summed E-state index contributed by atoms with van der Waals surface area (Å²) in [6.45, 7) is 2.39. The number of benzene rings is 6. The van der Waals surface area contributed by atoms with Crippen molar-refractivity contribution in [2.45, 2.75) is 50.5 Å². The Morgan fingerprint density at radius 3 is 2.30 bits per heavy atom. The first-order valence-electron chi connectivity index (χ1n) is 22.7. The van der Waals surface area contributed by atoms with E-state index in [9.17, 15) is 0 Å². The summed E-state index contributed by atoms with van der Waals surface area (Å²) >= 11 is 0. The van der Waals surface area contributed by atoms with E-state index in [1.807, 2.05) is 0 Å². The van der Waals surface area contributed by atoms with Gasteiger partial charge in [-0.3, -0.25) is 4.90 Å².